The van der Waals surface area contributed by atoms with Gasteiger partial charge in [0.1, 0.15) is 5.76 Å². The van der Waals surface area contributed by atoms with E-state index in [2.05, 4.69) is 50.8 Å². The summed E-state index contributed by atoms with van der Waals surface area (Å²) in [5.74, 6) is 1.67. The minimum atomic E-state index is -0.184. The van der Waals surface area contributed by atoms with Gasteiger partial charge in [-0.25, -0.2) is 0 Å². The standard InChI is InChI=1S/C20H24N4O2/c1-13-11-19(23-26-13)22-20(25)14(2)24-9-7-15(8-10-24)17-12-21-18-6-4-3-5-16(17)18/h3-6,11-12,14-15,21H,7-10H2,1-2H3,(H,22,23,25). The molecule has 1 amide bonds. The van der Waals surface area contributed by atoms with Crippen molar-refractivity contribution in [3.8, 4) is 0 Å². The Balaban J connectivity index is 1.37. The molecule has 1 aliphatic rings. The fourth-order valence-electron chi connectivity index (χ4n) is 3.85. The fraction of sp³-hybridized carbons (Fsp3) is 0.400. The lowest BCUT2D eigenvalue weighted by Crippen LogP contribution is -2.45. The lowest BCUT2D eigenvalue weighted by Gasteiger charge is -2.35. The summed E-state index contributed by atoms with van der Waals surface area (Å²) in [6.45, 7) is 5.59. The molecule has 136 valence electrons. The number of aromatic nitrogens is 2. The molecule has 1 saturated heterocycles. The van der Waals surface area contributed by atoms with Crippen molar-refractivity contribution in [3.05, 3.63) is 47.9 Å². The van der Waals surface area contributed by atoms with Crippen LogP contribution in [0.3, 0.4) is 0 Å². The van der Waals surface area contributed by atoms with Gasteiger partial charge in [0, 0.05) is 23.2 Å². The van der Waals surface area contributed by atoms with Crippen LogP contribution in [0.15, 0.2) is 41.1 Å². The van der Waals surface area contributed by atoms with Crippen LogP contribution in [0.1, 0.15) is 37.0 Å². The van der Waals surface area contributed by atoms with Gasteiger partial charge in [0.05, 0.1) is 6.04 Å². The highest BCUT2D eigenvalue weighted by atomic mass is 16.5. The maximum Gasteiger partial charge on any atom is 0.242 e. The molecular weight excluding hydrogens is 328 g/mol. The van der Waals surface area contributed by atoms with Gasteiger partial charge >= 0.3 is 0 Å². The van der Waals surface area contributed by atoms with Crippen LogP contribution in [0.5, 0.6) is 0 Å². The molecule has 0 bridgehead atoms. The van der Waals surface area contributed by atoms with Crippen molar-refractivity contribution >= 4 is 22.6 Å². The highest BCUT2D eigenvalue weighted by Crippen LogP contribution is 2.33. The molecule has 3 heterocycles. The molecular formula is C20H24N4O2. The largest absolute Gasteiger partial charge is 0.361 e. The Kier molecular flexibility index (Phi) is 4.51. The van der Waals surface area contributed by atoms with Crippen LogP contribution in [0.2, 0.25) is 0 Å². The number of nitrogens with one attached hydrogen (secondary N) is 2. The molecule has 4 rings (SSSR count). The van der Waals surface area contributed by atoms with Gasteiger partial charge in [-0.05, 0) is 57.3 Å². The number of piperidine rings is 1. The van der Waals surface area contributed by atoms with Crippen LogP contribution in [-0.2, 0) is 4.79 Å². The first-order valence-corrected chi connectivity index (χ1v) is 9.16. The number of nitrogens with zero attached hydrogens (tertiary/aromatic N) is 2. The molecule has 0 aliphatic carbocycles. The molecule has 26 heavy (non-hydrogen) atoms. The van der Waals surface area contributed by atoms with Gasteiger partial charge in [-0.3, -0.25) is 9.69 Å². The van der Waals surface area contributed by atoms with Gasteiger partial charge in [-0.15, -0.1) is 0 Å². The molecule has 2 N–H and O–H groups in total. The zero-order valence-corrected chi connectivity index (χ0v) is 15.2. The molecule has 3 aromatic rings. The third-order valence-corrected chi connectivity index (χ3v) is 5.40. The number of amides is 1. The van der Waals surface area contributed by atoms with Crippen molar-refractivity contribution in [2.45, 2.75) is 38.6 Å². The van der Waals surface area contributed by atoms with E-state index >= 15 is 0 Å². The van der Waals surface area contributed by atoms with E-state index in [0.717, 1.165) is 25.9 Å². The van der Waals surface area contributed by atoms with E-state index in [1.165, 1.54) is 16.5 Å². The highest BCUT2D eigenvalue weighted by molar-refractivity contribution is 5.93. The molecule has 0 saturated carbocycles. The number of anilines is 1. The molecule has 2 aromatic heterocycles. The minimum Gasteiger partial charge on any atom is -0.361 e. The second-order valence-corrected chi connectivity index (χ2v) is 7.09. The number of H-pyrrole nitrogens is 1. The van der Waals surface area contributed by atoms with E-state index in [9.17, 15) is 4.79 Å². The van der Waals surface area contributed by atoms with Crippen molar-refractivity contribution < 1.29 is 9.32 Å². The number of aryl methyl sites for hydroxylation is 1. The number of rotatable bonds is 4. The molecule has 1 fully saturated rings. The van der Waals surface area contributed by atoms with E-state index in [-0.39, 0.29) is 11.9 Å². The normalized spacial score (nSPS) is 17.5. The fourth-order valence-corrected chi connectivity index (χ4v) is 3.85. The van der Waals surface area contributed by atoms with Gasteiger partial charge in [-0.2, -0.15) is 0 Å². The number of likely N-dealkylation sites (tertiary alicyclic amines) is 1. The van der Waals surface area contributed by atoms with Crippen LogP contribution in [0, 0.1) is 6.92 Å². The summed E-state index contributed by atoms with van der Waals surface area (Å²) in [7, 11) is 0. The van der Waals surface area contributed by atoms with E-state index < -0.39 is 0 Å². The monoisotopic (exact) mass is 352 g/mol. The van der Waals surface area contributed by atoms with Gasteiger partial charge in [0.2, 0.25) is 5.91 Å². The Labute approximate surface area is 152 Å². The van der Waals surface area contributed by atoms with Crippen molar-refractivity contribution in [2.75, 3.05) is 18.4 Å². The highest BCUT2D eigenvalue weighted by Gasteiger charge is 2.28. The molecule has 1 aliphatic heterocycles. The maximum atomic E-state index is 12.5. The lowest BCUT2D eigenvalue weighted by molar-refractivity contribution is -0.121. The summed E-state index contributed by atoms with van der Waals surface area (Å²) in [5, 5.41) is 7.98. The Hall–Kier alpha value is -2.60. The van der Waals surface area contributed by atoms with Crippen molar-refractivity contribution in [2.24, 2.45) is 0 Å². The number of carbonyl (C=O) groups excluding carboxylic acids is 1. The molecule has 6 nitrogen and oxygen atoms in total. The number of hydrogen-bond acceptors (Lipinski definition) is 4. The average Bonchev–Trinajstić information content (AvgIpc) is 3.27. The Bertz CT molecular complexity index is 905. The number of benzene rings is 1. The smallest absolute Gasteiger partial charge is 0.242 e. The predicted octanol–water partition coefficient (Wildman–Crippen LogP) is 3.67. The number of fused-ring (bicyclic) bond motifs is 1. The summed E-state index contributed by atoms with van der Waals surface area (Å²) in [6, 6.07) is 9.99. The quantitative estimate of drug-likeness (QED) is 0.751. The van der Waals surface area contributed by atoms with E-state index in [1.54, 1.807) is 6.07 Å². The molecule has 1 unspecified atom stereocenters. The van der Waals surface area contributed by atoms with Crippen LogP contribution in [-0.4, -0.2) is 40.1 Å². The Morgan fingerprint density at radius 1 is 1.35 bits per heavy atom. The number of para-hydroxylation sites is 1. The van der Waals surface area contributed by atoms with Gasteiger partial charge in [-0.1, -0.05) is 23.4 Å². The molecule has 6 heteroatoms. The van der Waals surface area contributed by atoms with Crippen LogP contribution in [0.4, 0.5) is 5.82 Å². The summed E-state index contributed by atoms with van der Waals surface area (Å²) >= 11 is 0. The topological polar surface area (TPSA) is 74.2 Å². The molecule has 0 radical (unpaired) electrons. The van der Waals surface area contributed by atoms with Crippen molar-refractivity contribution in [3.63, 3.8) is 0 Å². The van der Waals surface area contributed by atoms with Crippen LogP contribution >= 0.6 is 0 Å². The van der Waals surface area contributed by atoms with Crippen LogP contribution in [0.25, 0.3) is 10.9 Å². The van der Waals surface area contributed by atoms with Crippen molar-refractivity contribution in [1.82, 2.24) is 15.0 Å². The maximum absolute atomic E-state index is 12.5. The summed E-state index contributed by atoms with van der Waals surface area (Å²) in [5.41, 5.74) is 2.59. The summed E-state index contributed by atoms with van der Waals surface area (Å²) in [6.07, 6.45) is 4.26. The zero-order chi connectivity index (χ0) is 18.1. The van der Waals surface area contributed by atoms with E-state index in [4.69, 9.17) is 4.52 Å². The van der Waals surface area contributed by atoms with Crippen LogP contribution < -0.4 is 5.32 Å². The van der Waals surface area contributed by atoms with Gasteiger partial charge in [0.15, 0.2) is 5.82 Å². The summed E-state index contributed by atoms with van der Waals surface area (Å²) in [4.78, 5) is 18.1. The first-order chi connectivity index (χ1) is 12.6. The zero-order valence-electron chi connectivity index (χ0n) is 15.2. The number of aromatic amines is 1. The minimum absolute atomic E-state index is 0.0381. The predicted molar refractivity (Wildman–Crippen MR) is 101 cm³/mol. The molecule has 1 atom stereocenters. The lowest BCUT2D eigenvalue weighted by atomic mass is 9.88. The Morgan fingerprint density at radius 2 is 2.12 bits per heavy atom. The molecule has 1 aromatic carbocycles. The van der Waals surface area contributed by atoms with Gasteiger partial charge in [0.25, 0.3) is 0 Å². The second kappa shape index (κ2) is 6.96. The first kappa shape index (κ1) is 16.8. The average molecular weight is 352 g/mol. The SMILES string of the molecule is Cc1cc(NC(=O)C(C)N2CCC(c3c[nH]c4ccccc34)CC2)no1. The third-order valence-electron chi connectivity index (χ3n) is 5.40. The molecule has 0 spiro atoms. The summed E-state index contributed by atoms with van der Waals surface area (Å²) < 4.78 is 5.00. The van der Waals surface area contributed by atoms with Crippen molar-refractivity contribution in [1.29, 1.82) is 0 Å². The second-order valence-electron chi connectivity index (χ2n) is 7.09. The third kappa shape index (κ3) is 3.24. The number of hydrogen-bond donors (Lipinski definition) is 2. The van der Waals surface area contributed by atoms with E-state index in [1.807, 2.05) is 13.8 Å². The Morgan fingerprint density at radius 3 is 2.85 bits per heavy atom. The number of carbonyl (C=O) groups is 1. The van der Waals surface area contributed by atoms with E-state index in [0.29, 0.717) is 17.5 Å². The van der Waals surface area contributed by atoms with Gasteiger partial charge < -0.3 is 14.8 Å². The first-order valence-electron chi connectivity index (χ1n) is 9.16.